The van der Waals surface area contributed by atoms with Crippen molar-refractivity contribution in [2.45, 2.75) is 70.7 Å². The summed E-state index contributed by atoms with van der Waals surface area (Å²) in [5.74, 6) is -0.516. The summed E-state index contributed by atoms with van der Waals surface area (Å²) in [4.78, 5) is 43.6. The number of carbonyl (C=O) groups is 3. The van der Waals surface area contributed by atoms with Crippen LogP contribution in [0.25, 0.3) is 11.3 Å². The number of aromatic nitrogens is 1. The number of nitrogens with one attached hydrogen (secondary N) is 3. The van der Waals surface area contributed by atoms with Gasteiger partial charge in [-0.2, -0.15) is 0 Å². The highest BCUT2D eigenvalue weighted by atomic mass is 16.7. The van der Waals surface area contributed by atoms with Gasteiger partial charge < -0.3 is 39.8 Å². The Morgan fingerprint density at radius 1 is 0.980 bits per heavy atom. The van der Waals surface area contributed by atoms with E-state index in [9.17, 15) is 24.6 Å². The Labute approximate surface area is 297 Å². The number of ether oxygens (including phenoxy) is 4. The fraction of sp³-hybridized carbons (Fsp3) is 0.459. The number of rotatable bonds is 13. The van der Waals surface area contributed by atoms with E-state index in [4.69, 9.17) is 18.9 Å². The molecule has 2 aromatic carbocycles. The Balaban J connectivity index is 1.36. The summed E-state index contributed by atoms with van der Waals surface area (Å²) >= 11 is 0. The van der Waals surface area contributed by atoms with Crippen molar-refractivity contribution in [3.05, 3.63) is 84.1 Å². The molecular weight excluding hydrogens is 658 g/mol. The Morgan fingerprint density at radius 2 is 1.71 bits per heavy atom. The van der Waals surface area contributed by atoms with Gasteiger partial charge in [0.15, 0.2) is 6.29 Å². The monoisotopic (exact) mass is 705 g/mol. The van der Waals surface area contributed by atoms with Crippen LogP contribution in [0.2, 0.25) is 0 Å². The number of nitrogens with zero attached hydrogens (tertiary/aromatic N) is 2. The minimum absolute atomic E-state index is 0.0691. The van der Waals surface area contributed by atoms with E-state index in [0.717, 1.165) is 22.4 Å². The molecule has 3 amide bonds. The molecule has 2 fully saturated rings. The van der Waals surface area contributed by atoms with Gasteiger partial charge in [-0.1, -0.05) is 63.2 Å². The topological polar surface area (TPSA) is 181 Å². The lowest BCUT2D eigenvalue weighted by atomic mass is 9.86. The summed E-state index contributed by atoms with van der Waals surface area (Å²) in [5, 5.41) is 28.6. The van der Waals surface area contributed by atoms with Crippen LogP contribution in [0.1, 0.15) is 38.3 Å². The Bertz CT molecular complexity index is 1600. The van der Waals surface area contributed by atoms with E-state index >= 15 is 0 Å². The molecule has 0 spiro atoms. The summed E-state index contributed by atoms with van der Waals surface area (Å²) in [6.45, 7) is 6.19. The van der Waals surface area contributed by atoms with Gasteiger partial charge in [0.1, 0.15) is 17.9 Å². The van der Waals surface area contributed by atoms with Crippen molar-refractivity contribution in [2.75, 3.05) is 26.9 Å². The molecule has 274 valence electrons. The number of amides is 3. The third-order valence-corrected chi connectivity index (χ3v) is 8.94. The van der Waals surface area contributed by atoms with Gasteiger partial charge in [0.05, 0.1) is 44.1 Å². The van der Waals surface area contributed by atoms with Crippen molar-refractivity contribution in [1.29, 1.82) is 0 Å². The van der Waals surface area contributed by atoms with Crippen LogP contribution >= 0.6 is 0 Å². The summed E-state index contributed by atoms with van der Waals surface area (Å²) < 4.78 is 21.7. The standard InChI is InChI=1S/C37H47N5O9/c1-37(2,3)32(40-35(46)48-4)33(45)41-42(20-24-8-12-25(13-9-24)28-7-5-6-17-38-28)21-30(44)29(19-23-10-14-26(43)15-11-23)39-36(47)51-31-22-50-34-27(31)16-18-49-34/h5-15,17,27,29-32,34,43-44H,16,18-22H2,1-4H3,(H,39,47)(H,40,46)(H,41,45). The second-order valence-corrected chi connectivity index (χ2v) is 13.9. The number of methoxy groups -OCH3 is 1. The number of carbonyl (C=O) groups excluding carboxylic acids is 3. The number of hydrogen-bond donors (Lipinski definition) is 5. The van der Waals surface area contributed by atoms with Crippen molar-refractivity contribution in [3.63, 3.8) is 0 Å². The summed E-state index contributed by atoms with van der Waals surface area (Å²) in [6, 6.07) is 17.9. The van der Waals surface area contributed by atoms with Crippen LogP contribution in [0.5, 0.6) is 5.75 Å². The van der Waals surface area contributed by atoms with Crippen LogP contribution in [0, 0.1) is 11.3 Å². The number of alkyl carbamates (subject to hydrolysis) is 2. The molecule has 2 saturated heterocycles. The maximum Gasteiger partial charge on any atom is 0.407 e. The van der Waals surface area contributed by atoms with Crippen LogP contribution in [0.4, 0.5) is 9.59 Å². The van der Waals surface area contributed by atoms with E-state index in [-0.39, 0.29) is 37.8 Å². The Morgan fingerprint density at radius 3 is 2.37 bits per heavy atom. The highest BCUT2D eigenvalue weighted by Crippen LogP contribution is 2.33. The zero-order valence-corrected chi connectivity index (χ0v) is 29.3. The van der Waals surface area contributed by atoms with E-state index in [1.54, 1.807) is 44.1 Å². The number of pyridine rings is 1. The van der Waals surface area contributed by atoms with Crippen molar-refractivity contribution >= 4 is 18.1 Å². The molecule has 3 aromatic rings. The maximum absolute atomic E-state index is 13.8. The van der Waals surface area contributed by atoms with Gasteiger partial charge in [0, 0.05) is 24.8 Å². The molecule has 2 aliphatic rings. The number of aliphatic hydroxyl groups excluding tert-OH is 1. The predicted molar refractivity (Wildman–Crippen MR) is 186 cm³/mol. The van der Waals surface area contributed by atoms with Gasteiger partial charge in [-0.25, -0.2) is 14.6 Å². The van der Waals surface area contributed by atoms with Gasteiger partial charge in [-0.3, -0.25) is 15.2 Å². The van der Waals surface area contributed by atoms with Crippen molar-refractivity contribution in [3.8, 4) is 17.0 Å². The first-order chi connectivity index (χ1) is 24.4. The molecule has 6 unspecified atom stereocenters. The fourth-order valence-electron chi connectivity index (χ4n) is 6.15. The third kappa shape index (κ3) is 10.4. The first-order valence-corrected chi connectivity index (χ1v) is 17.0. The smallest absolute Gasteiger partial charge is 0.407 e. The lowest BCUT2D eigenvalue weighted by molar-refractivity contribution is -0.131. The minimum Gasteiger partial charge on any atom is -0.508 e. The highest BCUT2D eigenvalue weighted by Gasteiger charge is 2.44. The molecule has 0 saturated carbocycles. The normalized spacial score (nSPS) is 20.2. The van der Waals surface area contributed by atoms with Crippen LogP contribution in [-0.2, 0) is 36.7 Å². The van der Waals surface area contributed by atoms with Crippen molar-refractivity contribution < 1.29 is 43.5 Å². The van der Waals surface area contributed by atoms with E-state index in [1.165, 1.54) is 19.2 Å². The third-order valence-electron chi connectivity index (χ3n) is 8.94. The Hall–Kier alpha value is -4.76. The van der Waals surface area contributed by atoms with E-state index in [2.05, 4.69) is 21.0 Å². The highest BCUT2D eigenvalue weighted by molar-refractivity contribution is 5.86. The zero-order chi connectivity index (χ0) is 36.5. The predicted octanol–water partition coefficient (Wildman–Crippen LogP) is 3.52. The van der Waals surface area contributed by atoms with Gasteiger partial charge in [0.2, 0.25) is 0 Å². The Kier molecular flexibility index (Phi) is 12.5. The summed E-state index contributed by atoms with van der Waals surface area (Å²) in [5.41, 5.74) is 5.45. The molecule has 0 radical (unpaired) electrons. The average Bonchev–Trinajstić information content (AvgIpc) is 3.73. The minimum atomic E-state index is -1.23. The van der Waals surface area contributed by atoms with Crippen LogP contribution in [0.15, 0.2) is 72.9 Å². The number of fused-ring (bicyclic) bond motifs is 1. The molecule has 5 rings (SSSR count). The van der Waals surface area contributed by atoms with Crippen molar-refractivity contribution in [2.24, 2.45) is 11.3 Å². The molecule has 1 aromatic heterocycles. The molecule has 2 aliphatic heterocycles. The molecular formula is C37H47N5O9. The number of phenolic OH excluding ortho intramolecular Hbond substituents is 1. The lowest BCUT2D eigenvalue weighted by Gasteiger charge is -2.34. The number of benzene rings is 2. The number of hydrazine groups is 1. The van der Waals surface area contributed by atoms with Gasteiger partial charge in [-0.15, -0.1) is 0 Å². The summed E-state index contributed by atoms with van der Waals surface area (Å²) in [6.07, 6.45) is -1.01. The zero-order valence-electron chi connectivity index (χ0n) is 29.3. The molecule has 3 heterocycles. The number of aromatic hydroxyl groups is 1. The second kappa shape index (κ2) is 17.0. The molecule has 0 aliphatic carbocycles. The largest absolute Gasteiger partial charge is 0.508 e. The van der Waals surface area contributed by atoms with Crippen LogP contribution in [-0.4, -0.2) is 95.7 Å². The van der Waals surface area contributed by atoms with Crippen LogP contribution in [0.3, 0.4) is 0 Å². The van der Waals surface area contributed by atoms with E-state index in [0.29, 0.717) is 13.0 Å². The van der Waals surface area contributed by atoms with Gasteiger partial charge in [0.25, 0.3) is 5.91 Å². The van der Waals surface area contributed by atoms with Crippen molar-refractivity contribution in [1.82, 2.24) is 26.1 Å². The number of phenols is 1. The lowest BCUT2D eigenvalue weighted by Crippen LogP contribution is -2.59. The van der Waals surface area contributed by atoms with Gasteiger partial charge in [-0.05, 0) is 53.6 Å². The molecule has 51 heavy (non-hydrogen) atoms. The van der Waals surface area contributed by atoms with Crippen LogP contribution < -0.4 is 16.1 Å². The second-order valence-electron chi connectivity index (χ2n) is 13.9. The maximum atomic E-state index is 13.8. The van der Waals surface area contributed by atoms with E-state index < -0.39 is 54.1 Å². The number of aliphatic hydroxyl groups is 1. The SMILES string of the molecule is COC(=O)NC(C(=O)NN(Cc1ccc(-c2ccccn2)cc1)CC(O)C(Cc1ccc(O)cc1)NC(=O)OC1COC2OCCC12)C(C)(C)C. The first-order valence-electron chi connectivity index (χ1n) is 17.0. The van der Waals surface area contributed by atoms with Gasteiger partial charge >= 0.3 is 12.2 Å². The molecule has 14 nitrogen and oxygen atoms in total. The summed E-state index contributed by atoms with van der Waals surface area (Å²) in [7, 11) is 1.22. The molecule has 5 N–H and O–H groups in total. The molecule has 0 bridgehead atoms. The number of hydrogen-bond acceptors (Lipinski definition) is 11. The van der Waals surface area contributed by atoms with E-state index in [1.807, 2.05) is 42.5 Å². The quantitative estimate of drug-likeness (QED) is 0.164. The fourth-order valence-corrected chi connectivity index (χ4v) is 6.15. The molecule has 6 atom stereocenters. The molecule has 14 heteroatoms. The average molecular weight is 706 g/mol. The first kappa shape index (κ1) is 37.5.